The van der Waals surface area contributed by atoms with Gasteiger partial charge in [0.1, 0.15) is 5.54 Å². The Balaban J connectivity index is 1.86. The van der Waals surface area contributed by atoms with Gasteiger partial charge in [-0.3, -0.25) is 9.69 Å². The van der Waals surface area contributed by atoms with Crippen molar-refractivity contribution in [3.05, 3.63) is 35.4 Å². The summed E-state index contributed by atoms with van der Waals surface area (Å²) in [6.45, 7) is 1.65. The molecule has 0 radical (unpaired) electrons. The van der Waals surface area contributed by atoms with Crippen molar-refractivity contribution < 1.29 is 14.7 Å². The highest BCUT2D eigenvalue weighted by Crippen LogP contribution is 2.34. The fourth-order valence-corrected chi connectivity index (χ4v) is 3.60. The Morgan fingerprint density at radius 1 is 1.29 bits per heavy atom. The molecule has 1 aromatic carbocycles. The highest BCUT2D eigenvalue weighted by Gasteiger charge is 2.51. The molecule has 0 bridgehead atoms. The van der Waals surface area contributed by atoms with Crippen molar-refractivity contribution in [2.24, 2.45) is 0 Å². The second-order valence-electron chi connectivity index (χ2n) is 6.92. The predicted octanol–water partition coefficient (Wildman–Crippen LogP) is 2.02. The average molecular weight is 327 g/mol. The molecule has 1 saturated carbocycles. The zero-order valence-electron chi connectivity index (χ0n) is 13.7. The number of carbonyl (C=O) groups excluding carboxylic acids is 2. The van der Waals surface area contributed by atoms with Gasteiger partial charge in [-0.05, 0) is 37.5 Å². The van der Waals surface area contributed by atoms with Gasteiger partial charge in [0.25, 0.3) is 5.91 Å². The van der Waals surface area contributed by atoms with Crippen molar-refractivity contribution in [2.45, 2.75) is 50.2 Å². The Kier molecular flexibility index (Phi) is 4.06. The molecule has 0 spiro atoms. The number of carbonyl (C=O) groups is 2. The molecule has 1 aliphatic carbocycles. The first kappa shape index (κ1) is 16.5. The summed E-state index contributed by atoms with van der Waals surface area (Å²) in [6, 6.07) is 8.21. The van der Waals surface area contributed by atoms with Crippen LogP contribution < -0.4 is 5.32 Å². The molecule has 24 heavy (non-hydrogen) atoms. The molecule has 1 atom stereocenters. The van der Waals surface area contributed by atoms with Gasteiger partial charge in [-0.1, -0.05) is 31.4 Å². The number of nitriles is 1. The number of urea groups is 1. The summed E-state index contributed by atoms with van der Waals surface area (Å²) >= 11 is 0. The first-order valence-electron chi connectivity index (χ1n) is 8.25. The second-order valence-corrected chi connectivity index (χ2v) is 6.92. The van der Waals surface area contributed by atoms with E-state index >= 15 is 0 Å². The van der Waals surface area contributed by atoms with Crippen LogP contribution in [0.2, 0.25) is 0 Å². The highest BCUT2D eigenvalue weighted by atomic mass is 16.3. The third-order valence-corrected chi connectivity index (χ3v) is 5.08. The van der Waals surface area contributed by atoms with Gasteiger partial charge < -0.3 is 10.4 Å². The third-order valence-electron chi connectivity index (χ3n) is 5.08. The summed E-state index contributed by atoms with van der Waals surface area (Å²) < 4.78 is 0. The van der Waals surface area contributed by atoms with Crippen LogP contribution in [0, 0.1) is 11.3 Å². The third kappa shape index (κ3) is 2.76. The molecule has 2 aliphatic rings. The molecular formula is C18H21N3O3. The van der Waals surface area contributed by atoms with Gasteiger partial charge in [0.05, 0.1) is 23.8 Å². The molecule has 1 aromatic rings. The first-order valence-corrected chi connectivity index (χ1v) is 8.25. The summed E-state index contributed by atoms with van der Waals surface area (Å²) in [7, 11) is 0. The van der Waals surface area contributed by atoms with E-state index in [1.807, 2.05) is 6.07 Å². The fourth-order valence-electron chi connectivity index (χ4n) is 3.60. The molecule has 1 saturated heterocycles. The molecule has 3 rings (SSSR count). The summed E-state index contributed by atoms with van der Waals surface area (Å²) in [4.78, 5) is 26.4. The quantitative estimate of drug-likeness (QED) is 0.831. The lowest BCUT2D eigenvalue weighted by atomic mass is 9.84. The Morgan fingerprint density at radius 2 is 2.00 bits per heavy atom. The van der Waals surface area contributed by atoms with Crippen LogP contribution in [0.5, 0.6) is 0 Å². The number of nitrogens with zero attached hydrogens (tertiary/aromatic N) is 2. The van der Waals surface area contributed by atoms with Crippen LogP contribution in [0.3, 0.4) is 0 Å². The van der Waals surface area contributed by atoms with Crippen molar-refractivity contribution in [3.63, 3.8) is 0 Å². The number of benzene rings is 1. The molecule has 6 nitrogen and oxygen atoms in total. The zero-order chi connectivity index (χ0) is 17.4. The standard InChI is InChI=1S/C18H21N3O3/c1-17(14-7-5-6-13(10-14)11-19)15(22)21(16(23)20-17)12-18(24)8-3-2-4-9-18/h5-7,10,24H,2-4,8-9,12H2,1H3,(H,20,23)/t17-/m0/s1. The number of imide groups is 1. The van der Waals surface area contributed by atoms with E-state index in [0.29, 0.717) is 24.0 Å². The van der Waals surface area contributed by atoms with Crippen molar-refractivity contribution in [2.75, 3.05) is 6.54 Å². The maximum atomic E-state index is 12.9. The van der Waals surface area contributed by atoms with E-state index in [-0.39, 0.29) is 12.5 Å². The number of nitrogens with one attached hydrogen (secondary N) is 1. The van der Waals surface area contributed by atoms with Crippen LogP contribution in [-0.2, 0) is 10.3 Å². The Hall–Kier alpha value is -2.39. The lowest BCUT2D eigenvalue weighted by Gasteiger charge is -2.34. The highest BCUT2D eigenvalue weighted by molar-refractivity contribution is 6.07. The summed E-state index contributed by atoms with van der Waals surface area (Å²) in [5.41, 5.74) is -1.21. The van der Waals surface area contributed by atoms with E-state index in [1.165, 1.54) is 0 Å². The Bertz CT molecular complexity index is 718. The normalized spacial score (nSPS) is 26.1. The maximum Gasteiger partial charge on any atom is 0.325 e. The first-order chi connectivity index (χ1) is 11.4. The van der Waals surface area contributed by atoms with Crippen molar-refractivity contribution in [1.29, 1.82) is 5.26 Å². The molecule has 2 fully saturated rings. The molecule has 0 aromatic heterocycles. The van der Waals surface area contributed by atoms with E-state index < -0.39 is 17.2 Å². The average Bonchev–Trinajstić information content (AvgIpc) is 2.80. The van der Waals surface area contributed by atoms with Crippen LogP contribution >= 0.6 is 0 Å². The largest absolute Gasteiger partial charge is 0.388 e. The molecule has 3 amide bonds. The number of hydrogen-bond donors (Lipinski definition) is 2. The molecule has 6 heteroatoms. The lowest BCUT2D eigenvalue weighted by Crippen LogP contribution is -2.48. The maximum absolute atomic E-state index is 12.9. The Labute approximate surface area is 141 Å². The van der Waals surface area contributed by atoms with Crippen LogP contribution in [0.25, 0.3) is 0 Å². The van der Waals surface area contributed by atoms with Crippen LogP contribution in [-0.4, -0.2) is 34.1 Å². The molecule has 1 heterocycles. The summed E-state index contributed by atoms with van der Waals surface area (Å²) in [6.07, 6.45) is 4.08. The van der Waals surface area contributed by atoms with Crippen molar-refractivity contribution in [1.82, 2.24) is 10.2 Å². The summed E-state index contributed by atoms with van der Waals surface area (Å²) in [5, 5.41) is 22.4. The van der Waals surface area contributed by atoms with Gasteiger partial charge in [-0.25, -0.2) is 4.79 Å². The van der Waals surface area contributed by atoms with E-state index in [1.54, 1.807) is 31.2 Å². The molecule has 126 valence electrons. The van der Waals surface area contributed by atoms with Crippen molar-refractivity contribution in [3.8, 4) is 6.07 Å². The number of amides is 3. The fraction of sp³-hybridized carbons (Fsp3) is 0.500. The smallest absolute Gasteiger partial charge is 0.325 e. The molecule has 2 N–H and O–H groups in total. The number of hydrogen-bond acceptors (Lipinski definition) is 4. The number of β-amino-alcohol motifs (C(OH)–C–C–N with tert-alkyl or cyclic N) is 1. The minimum atomic E-state index is -1.21. The Morgan fingerprint density at radius 3 is 2.67 bits per heavy atom. The van der Waals surface area contributed by atoms with Gasteiger partial charge >= 0.3 is 6.03 Å². The minimum absolute atomic E-state index is 0.0190. The van der Waals surface area contributed by atoms with E-state index in [0.717, 1.165) is 24.2 Å². The van der Waals surface area contributed by atoms with E-state index in [9.17, 15) is 14.7 Å². The SMILES string of the molecule is C[C@@]1(c2cccc(C#N)c2)NC(=O)N(CC2(O)CCCCC2)C1=O. The zero-order valence-corrected chi connectivity index (χ0v) is 13.7. The lowest BCUT2D eigenvalue weighted by molar-refractivity contribution is -0.134. The van der Waals surface area contributed by atoms with Crippen LogP contribution in [0.1, 0.15) is 50.2 Å². The topological polar surface area (TPSA) is 93.4 Å². The molecule has 0 unspecified atom stereocenters. The van der Waals surface area contributed by atoms with Gasteiger partial charge in [0, 0.05) is 0 Å². The minimum Gasteiger partial charge on any atom is -0.388 e. The van der Waals surface area contributed by atoms with Gasteiger partial charge in [-0.2, -0.15) is 5.26 Å². The molecule has 1 aliphatic heterocycles. The van der Waals surface area contributed by atoms with Crippen LogP contribution in [0.15, 0.2) is 24.3 Å². The number of aliphatic hydroxyl groups is 1. The van der Waals surface area contributed by atoms with Gasteiger partial charge in [0.2, 0.25) is 0 Å². The van der Waals surface area contributed by atoms with E-state index in [2.05, 4.69) is 5.32 Å². The monoisotopic (exact) mass is 327 g/mol. The predicted molar refractivity (Wildman–Crippen MR) is 86.8 cm³/mol. The van der Waals surface area contributed by atoms with Crippen LogP contribution in [0.4, 0.5) is 4.79 Å². The second kappa shape index (κ2) is 5.91. The van der Waals surface area contributed by atoms with Gasteiger partial charge in [-0.15, -0.1) is 0 Å². The van der Waals surface area contributed by atoms with E-state index in [4.69, 9.17) is 5.26 Å². The van der Waals surface area contributed by atoms with Crippen molar-refractivity contribution >= 4 is 11.9 Å². The number of rotatable bonds is 3. The summed E-state index contributed by atoms with van der Waals surface area (Å²) in [5.74, 6) is -0.387. The molecular weight excluding hydrogens is 306 g/mol. The van der Waals surface area contributed by atoms with Gasteiger partial charge in [0.15, 0.2) is 0 Å².